The van der Waals surface area contributed by atoms with Gasteiger partial charge in [0.15, 0.2) is 0 Å². The second kappa shape index (κ2) is 5.25. The summed E-state index contributed by atoms with van der Waals surface area (Å²) in [5.41, 5.74) is 0. The molecular weight excluding hydrogens is 192 g/mol. The molecule has 4 heteroatoms. The van der Waals surface area contributed by atoms with E-state index in [2.05, 4.69) is 17.1 Å². The van der Waals surface area contributed by atoms with Gasteiger partial charge in [0.2, 0.25) is 0 Å². The fourth-order valence-electron chi connectivity index (χ4n) is 2.44. The van der Waals surface area contributed by atoms with Gasteiger partial charge in [0.1, 0.15) is 0 Å². The van der Waals surface area contributed by atoms with Gasteiger partial charge in [0.05, 0.1) is 18.8 Å². The van der Waals surface area contributed by atoms with Gasteiger partial charge in [-0.05, 0) is 12.8 Å². The first-order valence-electron chi connectivity index (χ1n) is 6.03. The van der Waals surface area contributed by atoms with Crippen LogP contribution in [0.25, 0.3) is 0 Å². The summed E-state index contributed by atoms with van der Waals surface area (Å²) in [6.07, 6.45) is 2.26. The maximum Gasteiger partial charge on any atom is 0.0700 e. The summed E-state index contributed by atoms with van der Waals surface area (Å²) in [4.78, 5) is 2.45. The second-order valence-electron chi connectivity index (χ2n) is 4.66. The number of aliphatic hydroxyl groups is 1. The first-order chi connectivity index (χ1) is 7.28. The minimum absolute atomic E-state index is 0.141. The van der Waals surface area contributed by atoms with E-state index in [1.807, 2.05) is 0 Å². The van der Waals surface area contributed by atoms with Crippen molar-refractivity contribution in [3.8, 4) is 0 Å². The van der Waals surface area contributed by atoms with Crippen molar-refractivity contribution in [1.29, 1.82) is 0 Å². The lowest BCUT2D eigenvalue weighted by molar-refractivity contribution is -0.0318. The molecule has 15 heavy (non-hydrogen) atoms. The van der Waals surface area contributed by atoms with E-state index < -0.39 is 0 Å². The highest BCUT2D eigenvalue weighted by molar-refractivity contribution is 4.84. The van der Waals surface area contributed by atoms with Crippen LogP contribution in [0.2, 0.25) is 0 Å². The lowest BCUT2D eigenvalue weighted by Gasteiger charge is -2.33. The average molecular weight is 214 g/mol. The van der Waals surface area contributed by atoms with Crippen molar-refractivity contribution in [1.82, 2.24) is 10.2 Å². The topological polar surface area (TPSA) is 44.7 Å². The maximum absolute atomic E-state index is 9.42. The summed E-state index contributed by atoms with van der Waals surface area (Å²) in [6, 6.07) is 0.468. The molecule has 2 fully saturated rings. The van der Waals surface area contributed by atoms with Gasteiger partial charge < -0.3 is 15.2 Å². The SMILES string of the molecule is CCC1CN(CC2CC(O)CN2)CCO1. The number of hydrogen-bond acceptors (Lipinski definition) is 4. The Kier molecular flexibility index (Phi) is 3.97. The zero-order valence-corrected chi connectivity index (χ0v) is 9.48. The molecule has 0 aliphatic carbocycles. The van der Waals surface area contributed by atoms with E-state index >= 15 is 0 Å². The molecule has 0 aromatic rings. The number of morpholine rings is 1. The second-order valence-corrected chi connectivity index (χ2v) is 4.66. The summed E-state index contributed by atoms with van der Waals surface area (Å²) in [5.74, 6) is 0. The number of ether oxygens (including phenoxy) is 1. The molecule has 3 unspecified atom stereocenters. The Labute approximate surface area is 91.6 Å². The Balaban J connectivity index is 1.74. The van der Waals surface area contributed by atoms with Gasteiger partial charge >= 0.3 is 0 Å². The largest absolute Gasteiger partial charge is 0.392 e. The van der Waals surface area contributed by atoms with E-state index in [-0.39, 0.29) is 6.10 Å². The quantitative estimate of drug-likeness (QED) is 0.684. The van der Waals surface area contributed by atoms with Crippen molar-refractivity contribution in [2.75, 3.05) is 32.8 Å². The number of nitrogens with zero attached hydrogens (tertiary/aromatic N) is 1. The van der Waals surface area contributed by atoms with Gasteiger partial charge in [0, 0.05) is 32.2 Å². The predicted molar refractivity (Wildman–Crippen MR) is 58.9 cm³/mol. The monoisotopic (exact) mass is 214 g/mol. The zero-order chi connectivity index (χ0) is 10.7. The van der Waals surface area contributed by atoms with E-state index in [1.165, 1.54) is 0 Å². The third-order valence-electron chi connectivity index (χ3n) is 3.36. The van der Waals surface area contributed by atoms with Gasteiger partial charge in [-0.25, -0.2) is 0 Å². The van der Waals surface area contributed by atoms with Crippen molar-refractivity contribution >= 4 is 0 Å². The van der Waals surface area contributed by atoms with Crippen LogP contribution in [0.1, 0.15) is 19.8 Å². The van der Waals surface area contributed by atoms with Crippen LogP contribution in [-0.4, -0.2) is 61.0 Å². The zero-order valence-electron chi connectivity index (χ0n) is 9.48. The van der Waals surface area contributed by atoms with Gasteiger partial charge in [0.25, 0.3) is 0 Å². The highest BCUT2D eigenvalue weighted by Gasteiger charge is 2.26. The molecule has 2 aliphatic rings. The van der Waals surface area contributed by atoms with E-state index in [0.717, 1.165) is 45.6 Å². The van der Waals surface area contributed by atoms with Crippen molar-refractivity contribution in [2.45, 2.75) is 38.0 Å². The van der Waals surface area contributed by atoms with Gasteiger partial charge in [-0.2, -0.15) is 0 Å². The van der Waals surface area contributed by atoms with Crippen LogP contribution in [0, 0.1) is 0 Å². The van der Waals surface area contributed by atoms with E-state index in [4.69, 9.17) is 4.74 Å². The molecule has 2 N–H and O–H groups in total. The van der Waals surface area contributed by atoms with Crippen LogP contribution in [0.15, 0.2) is 0 Å². The highest BCUT2D eigenvalue weighted by atomic mass is 16.5. The summed E-state index contributed by atoms with van der Waals surface area (Å²) < 4.78 is 5.63. The van der Waals surface area contributed by atoms with Crippen LogP contribution in [0.5, 0.6) is 0 Å². The van der Waals surface area contributed by atoms with Crippen molar-refractivity contribution < 1.29 is 9.84 Å². The Hall–Kier alpha value is -0.160. The molecular formula is C11H22N2O2. The van der Waals surface area contributed by atoms with Crippen molar-refractivity contribution in [3.05, 3.63) is 0 Å². The highest BCUT2D eigenvalue weighted by Crippen LogP contribution is 2.12. The summed E-state index contributed by atoms with van der Waals surface area (Å²) in [6.45, 7) is 6.91. The molecule has 2 saturated heterocycles. The summed E-state index contributed by atoms with van der Waals surface area (Å²) in [5, 5.41) is 12.8. The van der Waals surface area contributed by atoms with Gasteiger partial charge in [-0.15, -0.1) is 0 Å². The molecule has 2 heterocycles. The fourth-order valence-corrected chi connectivity index (χ4v) is 2.44. The smallest absolute Gasteiger partial charge is 0.0700 e. The molecule has 3 atom stereocenters. The summed E-state index contributed by atoms with van der Waals surface area (Å²) in [7, 11) is 0. The van der Waals surface area contributed by atoms with Crippen LogP contribution < -0.4 is 5.32 Å². The summed E-state index contributed by atoms with van der Waals surface area (Å²) >= 11 is 0. The number of β-amino-alcohol motifs (C(OH)–C–C–N with tert-alkyl or cyclic N) is 1. The maximum atomic E-state index is 9.42. The predicted octanol–water partition coefficient (Wildman–Crippen LogP) is -0.180. The van der Waals surface area contributed by atoms with Crippen molar-refractivity contribution in [3.63, 3.8) is 0 Å². The number of rotatable bonds is 3. The van der Waals surface area contributed by atoms with Gasteiger partial charge in [-0.1, -0.05) is 6.92 Å². The molecule has 4 nitrogen and oxygen atoms in total. The molecule has 88 valence electrons. The Morgan fingerprint density at radius 3 is 3.07 bits per heavy atom. The lowest BCUT2D eigenvalue weighted by atomic mass is 10.1. The van der Waals surface area contributed by atoms with Crippen LogP contribution in [0.3, 0.4) is 0 Å². The van der Waals surface area contributed by atoms with E-state index in [9.17, 15) is 5.11 Å². The Bertz CT molecular complexity index is 201. The number of nitrogens with one attached hydrogen (secondary N) is 1. The minimum Gasteiger partial charge on any atom is -0.392 e. The van der Waals surface area contributed by atoms with E-state index in [1.54, 1.807) is 0 Å². The van der Waals surface area contributed by atoms with E-state index in [0.29, 0.717) is 12.1 Å². The molecule has 0 amide bonds. The molecule has 0 aromatic carbocycles. The third-order valence-corrected chi connectivity index (χ3v) is 3.36. The van der Waals surface area contributed by atoms with Gasteiger partial charge in [-0.3, -0.25) is 4.90 Å². The molecule has 0 saturated carbocycles. The first kappa shape index (κ1) is 11.3. The van der Waals surface area contributed by atoms with Crippen LogP contribution in [-0.2, 0) is 4.74 Å². The standard InChI is InChI=1S/C11H22N2O2/c1-2-11-8-13(3-4-15-11)7-9-5-10(14)6-12-9/h9-12,14H,2-8H2,1H3. The normalized spacial score (nSPS) is 38.4. The lowest BCUT2D eigenvalue weighted by Crippen LogP contribution is -2.47. The van der Waals surface area contributed by atoms with Crippen LogP contribution >= 0.6 is 0 Å². The molecule has 0 aromatic heterocycles. The molecule has 0 radical (unpaired) electrons. The molecule has 0 bridgehead atoms. The third kappa shape index (κ3) is 3.14. The van der Waals surface area contributed by atoms with Crippen molar-refractivity contribution in [2.24, 2.45) is 0 Å². The number of hydrogen-bond donors (Lipinski definition) is 2. The molecule has 0 spiro atoms. The average Bonchev–Trinajstić information content (AvgIpc) is 2.64. The number of aliphatic hydroxyl groups excluding tert-OH is 1. The first-order valence-corrected chi connectivity index (χ1v) is 6.03. The van der Waals surface area contributed by atoms with Crippen LogP contribution in [0.4, 0.5) is 0 Å². The Morgan fingerprint density at radius 2 is 2.40 bits per heavy atom. The minimum atomic E-state index is -0.141. The fraction of sp³-hybridized carbons (Fsp3) is 1.00. The molecule has 2 rings (SSSR count). The Morgan fingerprint density at radius 1 is 1.53 bits per heavy atom. The molecule has 2 aliphatic heterocycles.